The number of carbonyl (C=O) groups is 1. The van der Waals surface area contributed by atoms with E-state index in [9.17, 15) is 4.79 Å². The van der Waals surface area contributed by atoms with Crippen LogP contribution in [0.3, 0.4) is 0 Å². The summed E-state index contributed by atoms with van der Waals surface area (Å²) in [4.78, 5) is 20.3. The van der Waals surface area contributed by atoms with Gasteiger partial charge in [-0.25, -0.2) is 4.98 Å². The minimum absolute atomic E-state index is 0.0464. The second-order valence-corrected chi connectivity index (χ2v) is 9.47. The van der Waals surface area contributed by atoms with Crippen molar-refractivity contribution in [1.29, 1.82) is 0 Å². The summed E-state index contributed by atoms with van der Waals surface area (Å²) in [6.07, 6.45) is 0. The van der Waals surface area contributed by atoms with Crippen LogP contribution in [0.5, 0.6) is 0 Å². The highest BCUT2D eigenvalue weighted by Crippen LogP contribution is 2.30. The zero-order valence-corrected chi connectivity index (χ0v) is 18.9. The molecule has 0 N–H and O–H groups in total. The Morgan fingerprint density at radius 3 is 2.79 bits per heavy atom. The van der Waals surface area contributed by atoms with Crippen LogP contribution in [0.25, 0.3) is 20.9 Å². The molecule has 0 aliphatic carbocycles. The lowest BCUT2D eigenvalue weighted by molar-refractivity contribution is -0.128. The molecule has 0 saturated heterocycles. The van der Waals surface area contributed by atoms with Crippen LogP contribution in [0.1, 0.15) is 24.9 Å². The molecule has 1 amide bonds. The minimum Gasteiger partial charge on any atom is -0.336 e. The third-order valence-electron chi connectivity index (χ3n) is 4.74. The quantitative estimate of drug-likeness (QED) is 0.378. The predicted molar refractivity (Wildman–Crippen MR) is 121 cm³/mol. The van der Waals surface area contributed by atoms with E-state index in [4.69, 9.17) is 0 Å². The summed E-state index contributed by atoms with van der Waals surface area (Å²) in [5, 5.41) is 12.4. The molecule has 1 aromatic carbocycles. The fraction of sp³-hybridized carbons (Fsp3) is 0.300. The second kappa shape index (κ2) is 8.64. The van der Waals surface area contributed by atoms with E-state index in [2.05, 4.69) is 32.7 Å². The van der Waals surface area contributed by atoms with Crippen molar-refractivity contribution in [3.63, 3.8) is 0 Å². The first kappa shape index (κ1) is 20.1. The number of fused-ring (bicyclic) bond motifs is 1. The van der Waals surface area contributed by atoms with Crippen LogP contribution in [0, 0.1) is 0 Å². The third-order valence-corrected chi connectivity index (χ3v) is 7.77. The molecule has 0 unspecified atom stereocenters. The van der Waals surface area contributed by atoms with Gasteiger partial charge in [-0.2, -0.15) is 0 Å². The van der Waals surface area contributed by atoms with Gasteiger partial charge in [0, 0.05) is 13.6 Å². The Bertz CT molecular complexity index is 1090. The summed E-state index contributed by atoms with van der Waals surface area (Å²) in [7, 11) is 1.83. The molecule has 4 aromatic rings. The number of benzene rings is 1. The first-order valence-corrected chi connectivity index (χ1v) is 12.0. The standard InChI is InChI=1S/C20H21N5OS3/c1-4-25-18(16-10-7-11-27-16)22-23-20(25)28-12-17(26)24(3)13(2)19-21-14-8-5-6-9-15(14)29-19/h5-11,13H,4,12H2,1-3H3/t13-/m1/s1. The van der Waals surface area contributed by atoms with Crippen LogP contribution in [0.4, 0.5) is 0 Å². The summed E-state index contributed by atoms with van der Waals surface area (Å²) in [6, 6.07) is 12.0. The van der Waals surface area contributed by atoms with Crippen molar-refractivity contribution < 1.29 is 4.79 Å². The van der Waals surface area contributed by atoms with Gasteiger partial charge in [0.05, 0.1) is 26.9 Å². The monoisotopic (exact) mass is 443 g/mol. The molecule has 0 fully saturated rings. The number of thiophene rings is 1. The number of thiazole rings is 1. The lowest BCUT2D eigenvalue weighted by Crippen LogP contribution is -2.31. The summed E-state index contributed by atoms with van der Waals surface area (Å²) >= 11 is 4.70. The number of hydrogen-bond acceptors (Lipinski definition) is 7. The number of nitrogens with zero attached hydrogens (tertiary/aromatic N) is 5. The molecule has 9 heteroatoms. The molecule has 150 valence electrons. The van der Waals surface area contributed by atoms with Crippen LogP contribution in [-0.2, 0) is 11.3 Å². The topological polar surface area (TPSA) is 63.9 Å². The zero-order valence-electron chi connectivity index (χ0n) is 16.4. The fourth-order valence-electron chi connectivity index (χ4n) is 2.95. The van der Waals surface area contributed by atoms with Crippen molar-refractivity contribution in [3.8, 4) is 10.7 Å². The molecule has 0 aliphatic rings. The van der Waals surface area contributed by atoms with Crippen molar-refractivity contribution >= 4 is 50.6 Å². The molecular weight excluding hydrogens is 422 g/mol. The van der Waals surface area contributed by atoms with Gasteiger partial charge in [0.25, 0.3) is 0 Å². The van der Waals surface area contributed by atoms with Gasteiger partial charge >= 0.3 is 0 Å². The summed E-state index contributed by atoms with van der Waals surface area (Å²) in [6.45, 7) is 4.84. The smallest absolute Gasteiger partial charge is 0.233 e. The van der Waals surface area contributed by atoms with Crippen molar-refractivity contribution in [1.82, 2.24) is 24.6 Å². The lowest BCUT2D eigenvalue weighted by atomic mass is 10.3. The van der Waals surface area contributed by atoms with E-state index in [-0.39, 0.29) is 11.9 Å². The van der Waals surface area contributed by atoms with Crippen LogP contribution in [0.15, 0.2) is 46.9 Å². The highest BCUT2D eigenvalue weighted by atomic mass is 32.2. The Morgan fingerprint density at radius 2 is 2.07 bits per heavy atom. The summed E-state index contributed by atoms with van der Waals surface area (Å²) in [5.74, 6) is 1.22. The summed E-state index contributed by atoms with van der Waals surface area (Å²) in [5.41, 5.74) is 0.978. The molecule has 0 bridgehead atoms. The Labute approximate surface area is 181 Å². The number of thioether (sulfide) groups is 1. The Morgan fingerprint density at radius 1 is 1.24 bits per heavy atom. The first-order valence-electron chi connectivity index (χ1n) is 9.29. The van der Waals surface area contributed by atoms with Gasteiger partial charge in [-0.3, -0.25) is 4.79 Å². The molecule has 29 heavy (non-hydrogen) atoms. The van der Waals surface area contributed by atoms with E-state index >= 15 is 0 Å². The van der Waals surface area contributed by atoms with Gasteiger partial charge in [-0.1, -0.05) is 30.0 Å². The number of rotatable bonds is 7. The SMILES string of the molecule is CCn1c(SCC(=O)N(C)[C@H](C)c2nc3ccccc3s2)nnc1-c1cccs1. The average molecular weight is 444 g/mol. The van der Waals surface area contributed by atoms with Gasteiger partial charge in [-0.15, -0.1) is 32.9 Å². The van der Waals surface area contributed by atoms with Crippen molar-refractivity contribution in [2.24, 2.45) is 0 Å². The van der Waals surface area contributed by atoms with E-state index in [0.717, 1.165) is 37.6 Å². The zero-order chi connectivity index (χ0) is 20.4. The van der Waals surface area contributed by atoms with E-state index in [1.165, 1.54) is 11.8 Å². The maximum Gasteiger partial charge on any atom is 0.233 e. The van der Waals surface area contributed by atoms with Crippen LogP contribution in [0.2, 0.25) is 0 Å². The maximum atomic E-state index is 12.8. The van der Waals surface area contributed by atoms with E-state index in [1.807, 2.05) is 49.7 Å². The average Bonchev–Trinajstić information content (AvgIpc) is 3.48. The highest BCUT2D eigenvalue weighted by molar-refractivity contribution is 7.99. The molecule has 0 radical (unpaired) electrons. The van der Waals surface area contributed by atoms with Gasteiger partial charge in [0.15, 0.2) is 11.0 Å². The van der Waals surface area contributed by atoms with Crippen LogP contribution in [-0.4, -0.2) is 43.4 Å². The number of aromatic nitrogens is 4. The van der Waals surface area contributed by atoms with Crippen molar-refractivity contribution in [2.45, 2.75) is 31.6 Å². The maximum absolute atomic E-state index is 12.8. The van der Waals surface area contributed by atoms with Gasteiger partial charge in [0.2, 0.25) is 5.91 Å². The Balaban J connectivity index is 1.44. The largest absolute Gasteiger partial charge is 0.336 e. The number of amides is 1. The second-order valence-electron chi connectivity index (χ2n) is 6.52. The highest BCUT2D eigenvalue weighted by Gasteiger charge is 2.22. The number of para-hydroxylation sites is 1. The van der Waals surface area contributed by atoms with Crippen LogP contribution < -0.4 is 0 Å². The van der Waals surface area contributed by atoms with Crippen LogP contribution >= 0.6 is 34.4 Å². The molecule has 0 saturated carbocycles. The van der Waals surface area contributed by atoms with E-state index < -0.39 is 0 Å². The Hall–Kier alpha value is -2.23. The van der Waals surface area contributed by atoms with Crippen molar-refractivity contribution in [3.05, 3.63) is 46.8 Å². The van der Waals surface area contributed by atoms with Gasteiger partial charge in [0.1, 0.15) is 5.01 Å². The van der Waals surface area contributed by atoms with Crippen molar-refractivity contribution in [2.75, 3.05) is 12.8 Å². The predicted octanol–water partition coefficient (Wildman–Crippen LogP) is 4.95. The first-order chi connectivity index (χ1) is 14.1. The third kappa shape index (κ3) is 4.08. The number of hydrogen-bond donors (Lipinski definition) is 0. The normalized spacial score (nSPS) is 12.4. The molecule has 0 spiro atoms. The van der Waals surface area contributed by atoms with E-state index in [1.54, 1.807) is 27.6 Å². The van der Waals surface area contributed by atoms with Gasteiger partial charge < -0.3 is 9.47 Å². The van der Waals surface area contributed by atoms with E-state index in [0.29, 0.717) is 5.75 Å². The minimum atomic E-state index is -0.0776. The molecule has 3 heterocycles. The lowest BCUT2D eigenvalue weighted by Gasteiger charge is -2.23. The fourth-order valence-corrected chi connectivity index (χ4v) is 5.65. The number of carbonyl (C=O) groups excluding carboxylic acids is 1. The Kier molecular flexibility index (Phi) is 5.98. The molecule has 6 nitrogen and oxygen atoms in total. The molecule has 0 aliphatic heterocycles. The molecular formula is C20H21N5OS3. The molecule has 4 rings (SSSR count). The molecule has 1 atom stereocenters. The van der Waals surface area contributed by atoms with Gasteiger partial charge in [-0.05, 0) is 37.4 Å². The molecule has 3 aromatic heterocycles. The summed E-state index contributed by atoms with van der Waals surface area (Å²) < 4.78 is 3.20.